The fourth-order valence-electron chi connectivity index (χ4n) is 3.40. The minimum atomic E-state index is -0.457. The van der Waals surface area contributed by atoms with Gasteiger partial charge < -0.3 is 14.6 Å². The van der Waals surface area contributed by atoms with Gasteiger partial charge in [-0.15, -0.1) is 0 Å². The third-order valence-corrected chi connectivity index (χ3v) is 5.26. The van der Waals surface area contributed by atoms with Gasteiger partial charge in [0.25, 0.3) is 0 Å². The first-order valence-electron chi connectivity index (χ1n) is 10.9. The lowest BCUT2D eigenvalue weighted by atomic mass is 10.0. The number of hydrogen-bond donors (Lipinski definition) is 1. The molecule has 5 nitrogen and oxygen atoms in total. The monoisotopic (exact) mass is 452 g/mol. The Bertz CT molecular complexity index is 1250. The summed E-state index contributed by atoms with van der Waals surface area (Å²) in [5, 5.41) is 10.3. The van der Waals surface area contributed by atoms with Gasteiger partial charge in [-0.1, -0.05) is 60.7 Å². The van der Waals surface area contributed by atoms with Crippen molar-refractivity contribution >= 4 is 11.6 Å². The minimum Gasteiger partial charge on any atom is -0.507 e. The van der Waals surface area contributed by atoms with Crippen molar-refractivity contribution in [2.45, 2.75) is 19.6 Å². The number of carbonyl (C=O) groups excluding carboxylic acids is 2. The summed E-state index contributed by atoms with van der Waals surface area (Å²) in [6.07, 6.45) is -0.345. The van der Waals surface area contributed by atoms with Crippen LogP contribution in [0.3, 0.4) is 0 Å². The number of Topliss-reactive ketones (excluding diaryl/α,β-unsaturated/α-hetero) is 2. The van der Waals surface area contributed by atoms with Gasteiger partial charge in [0.15, 0.2) is 11.6 Å². The Balaban J connectivity index is 1.32. The van der Waals surface area contributed by atoms with Gasteiger partial charge in [-0.05, 0) is 47.5 Å². The molecule has 34 heavy (non-hydrogen) atoms. The molecule has 0 bridgehead atoms. The number of aromatic hydroxyl groups is 1. The van der Waals surface area contributed by atoms with Crippen LogP contribution < -0.4 is 9.47 Å². The normalized spacial score (nSPS) is 10.5. The Labute approximate surface area is 198 Å². The zero-order valence-electron chi connectivity index (χ0n) is 18.5. The van der Waals surface area contributed by atoms with E-state index in [0.717, 1.165) is 11.1 Å². The van der Waals surface area contributed by atoms with Crippen molar-refractivity contribution in [2.24, 2.45) is 0 Å². The number of rotatable bonds is 10. The Morgan fingerprint density at radius 1 is 0.618 bits per heavy atom. The molecule has 4 rings (SSSR count). The maximum atomic E-state index is 12.6. The molecule has 0 aliphatic heterocycles. The molecule has 0 fully saturated rings. The lowest BCUT2D eigenvalue weighted by molar-refractivity contribution is 0.0893. The highest BCUT2D eigenvalue weighted by Crippen LogP contribution is 2.26. The molecule has 5 heteroatoms. The zero-order valence-corrected chi connectivity index (χ0v) is 18.5. The van der Waals surface area contributed by atoms with Crippen LogP contribution in [0.5, 0.6) is 17.2 Å². The summed E-state index contributed by atoms with van der Waals surface area (Å²) in [6.45, 7) is 0.772. The average Bonchev–Trinajstić information content (AvgIpc) is 2.87. The summed E-state index contributed by atoms with van der Waals surface area (Å²) < 4.78 is 11.4. The molecule has 0 radical (unpaired) electrons. The molecule has 4 aromatic rings. The molecule has 0 aromatic heterocycles. The van der Waals surface area contributed by atoms with Gasteiger partial charge in [0.2, 0.25) is 0 Å². The van der Waals surface area contributed by atoms with E-state index in [1.54, 1.807) is 30.3 Å². The number of phenolic OH excluding ortho intramolecular Hbond substituents is 1. The number of phenols is 1. The Morgan fingerprint density at radius 2 is 1.15 bits per heavy atom. The fourth-order valence-corrected chi connectivity index (χ4v) is 3.40. The van der Waals surface area contributed by atoms with Gasteiger partial charge in [0.05, 0.1) is 12.0 Å². The van der Waals surface area contributed by atoms with E-state index in [9.17, 15) is 14.7 Å². The summed E-state index contributed by atoms with van der Waals surface area (Å²) in [5.41, 5.74) is 2.53. The number of carbonyl (C=O) groups is 2. The molecule has 0 aliphatic rings. The van der Waals surface area contributed by atoms with E-state index in [-0.39, 0.29) is 23.5 Å². The molecule has 4 aromatic carbocycles. The standard InChI is InChI=1S/C29H24O5/c30-27(23-11-13-24(14-12-23)33-19-21-7-3-1-4-8-21)18-29(32)26-16-15-25(17-28(26)31)34-20-22-9-5-2-6-10-22/h1-17,31H,18-20H2. The number of benzene rings is 4. The van der Waals surface area contributed by atoms with Crippen LogP contribution in [0.25, 0.3) is 0 Å². The van der Waals surface area contributed by atoms with Crippen molar-refractivity contribution in [2.75, 3.05) is 0 Å². The largest absolute Gasteiger partial charge is 0.507 e. The lowest BCUT2D eigenvalue weighted by Gasteiger charge is -2.09. The van der Waals surface area contributed by atoms with Gasteiger partial charge >= 0.3 is 0 Å². The van der Waals surface area contributed by atoms with Crippen molar-refractivity contribution in [1.82, 2.24) is 0 Å². The van der Waals surface area contributed by atoms with Crippen molar-refractivity contribution < 1.29 is 24.2 Å². The van der Waals surface area contributed by atoms with E-state index in [1.807, 2.05) is 60.7 Å². The predicted molar refractivity (Wildman–Crippen MR) is 129 cm³/mol. The van der Waals surface area contributed by atoms with E-state index in [1.165, 1.54) is 12.1 Å². The quantitative estimate of drug-likeness (QED) is 0.236. The van der Waals surface area contributed by atoms with Crippen LogP contribution in [0.1, 0.15) is 38.3 Å². The molecule has 0 saturated heterocycles. The molecule has 0 aliphatic carbocycles. The van der Waals surface area contributed by atoms with Crippen molar-refractivity contribution in [1.29, 1.82) is 0 Å². The van der Waals surface area contributed by atoms with Gasteiger partial charge in [0, 0.05) is 11.6 Å². The minimum absolute atomic E-state index is 0.0863. The Hall–Kier alpha value is -4.38. The third-order valence-electron chi connectivity index (χ3n) is 5.26. The number of ether oxygens (including phenoxy) is 2. The van der Waals surface area contributed by atoms with Gasteiger partial charge in [-0.3, -0.25) is 9.59 Å². The van der Waals surface area contributed by atoms with Crippen molar-refractivity contribution in [3.63, 3.8) is 0 Å². The van der Waals surface area contributed by atoms with E-state index in [4.69, 9.17) is 9.47 Å². The summed E-state index contributed by atoms with van der Waals surface area (Å²) in [6, 6.07) is 30.6. The number of hydrogen-bond acceptors (Lipinski definition) is 5. The van der Waals surface area contributed by atoms with Crippen LogP contribution in [0.4, 0.5) is 0 Å². The molecule has 170 valence electrons. The maximum absolute atomic E-state index is 12.6. The number of ketones is 2. The van der Waals surface area contributed by atoms with Crippen molar-refractivity contribution in [3.05, 3.63) is 125 Å². The topological polar surface area (TPSA) is 72.8 Å². The van der Waals surface area contributed by atoms with Gasteiger partial charge in [-0.2, -0.15) is 0 Å². The predicted octanol–water partition coefficient (Wildman–Crippen LogP) is 6.01. The molecular formula is C29H24O5. The lowest BCUT2D eigenvalue weighted by Crippen LogP contribution is -2.09. The zero-order chi connectivity index (χ0) is 23.8. The van der Waals surface area contributed by atoms with E-state index in [2.05, 4.69) is 0 Å². The molecule has 0 atom stereocenters. The Kier molecular flexibility index (Phi) is 7.35. The van der Waals surface area contributed by atoms with Gasteiger partial charge in [0.1, 0.15) is 30.5 Å². The van der Waals surface area contributed by atoms with Crippen LogP contribution in [-0.4, -0.2) is 16.7 Å². The molecule has 0 saturated carbocycles. The second kappa shape index (κ2) is 11.0. The second-order valence-electron chi connectivity index (χ2n) is 7.78. The van der Waals surface area contributed by atoms with Crippen LogP contribution in [0, 0.1) is 0 Å². The first kappa shape index (κ1) is 22.8. The Morgan fingerprint density at radius 3 is 1.71 bits per heavy atom. The van der Waals surface area contributed by atoms with Crippen LogP contribution >= 0.6 is 0 Å². The first-order valence-corrected chi connectivity index (χ1v) is 10.9. The molecule has 0 heterocycles. The summed E-state index contributed by atoms with van der Waals surface area (Å²) in [7, 11) is 0. The first-order chi connectivity index (χ1) is 16.6. The smallest absolute Gasteiger partial charge is 0.174 e. The third kappa shape index (κ3) is 6.11. The molecule has 0 unspecified atom stereocenters. The van der Waals surface area contributed by atoms with E-state index in [0.29, 0.717) is 30.3 Å². The maximum Gasteiger partial charge on any atom is 0.174 e. The highest BCUT2D eigenvalue weighted by molar-refractivity contribution is 6.14. The highest BCUT2D eigenvalue weighted by atomic mass is 16.5. The molecule has 0 spiro atoms. The van der Waals surface area contributed by atoms with Crippen LogP contribution in [0.2, 0.25) is 0 Å². The second-order valence-corrected chi connectivity index (χ2v) is 7.78. The van der Waals surface area contributed by atoms with Crippen LogP contribution in [-0.2, 0) is 13.2 Å². The summed E-state index contributed by atoms with van der Waals surface area (Å²) in [4.78, 5) is 25.2. The summed E-state index contributed by atoms with van der Waals surface area (Å²) in [5.74, 6) is 0.0729. The molecule has 1 N–H and O–H groups in total. The summed E-state index contributed by atoms with van der Waals surface area (Å²) >= 11 is 0. The van der Waals surface area contributed by atoms with E-state index < -0.39 is 5.78 Å². The van der Waals surface area contributed by atoms with Crippen molar-refractivity contribution in [3.8, 4) is 17.2 Å². The SMILES string of the molecule is O=C(CC(=O)c1ccc(OCc2ccccc2)cc1O)c1ccc(OCc2ccccc2)cc1. The van der Waals surface area contributed by atoms with Crippen LogP contribution in [0.15, 0.2) is 103 Å². The fraction of sp³-hybridized carbons (Fsp3) is 0.103. The average molecular weight is 453 g/mol. The molecular weight excluding hydrogens is 428 g/mol. The van der Waals surface area contributed by atoms with Gasteiger partial charge in [-0.25, -0.2) is 0 Å². The molecule has 0 amide bonds. The van der Waals surface area contributed by atoms with E-state index >= 15 is 0 Å². The highest BCUT2D eigenvalue weighted by Gasteiger charge is 2.17.